The van der Waals surface area contributed by atoms with E-state index in [0.717, 1.165) is 50.1 Å². The van der Waals surface area contributed by atoms with E-state index in [1.165, 1.54) is 39.9 Å². The third-order valence-corrected chi connectivity index (χ3v) is 9.54. The second-order valence-corrected chi connectivity index (χ2v) is 11.4. The van der Waals surface area contributed by atoms with Gasteiger partial charge >= 0.3 is 0 Å². The van der Waals surface area contributed by atoms with Crippen LogP contribution in [-0.2, 0) is 11.1 Å². The molecule has 2 aliphatic carbocycles. The van der Waals surface area contributed by atoms with Crippen LogP contribution in [0.4, 0.5) is 0 Å². The van der Waals surface area contributed by atoms with Gasteiger partial charge in [0, 0.05) is 41.5 Å². The molecule has 9 heteroatoms. The van der Waals surface area contributed by atoms with Crippen molar-refractivity contribution in [2.45, 2.75) is 89.1 Å². The highest BCUT2D eigenvalue weighted by Gasteiger charge is 2.34. The van der Waals surface area contributed by atoms with Crippen LogP contribution in [0.25, 0.3) is 10.4 Å². The molecule has 0 aliphatic heterocycles. The molecule has 180 valence electrons. The Morgan fingerprint density at radius 2 is 1.31 bits per heavy atom. The van der Waals surface area contributed by atoms with Crippen molar-refractivity contribution in [1.29, 1.82) is 0 Å². The SMILES string of the molecule is CC.CO.NC1(c2cc(Br)cs2)CCCCC1.[N-]=[N+]=NC1(c2cc(Br)cs2)CCCCC1. The summed E-state index contributed by atoms with van der Waals surface area (Å²) in [5, 5.41) is 15.2. The van der Waals surface area contributed by atoms with Crippen LogP contribution in [0.15, 0.2) is 37.0 Å². The van der Waals surface area contributed by atoms with E-state index in [4.69, 9.17) is 16.4 Å². The topological polar surface area (TPSA) is 95.0 Å². The molecule has 2 aromatic rings. The largest absolute Gasteiger partial charge is 0.400 e. The van der Waals surface area contributed by atoms with Gasteiger partial charge in [0.25, 0.3) is 0 Å². The van der Waals surface area contributed by atoms with Crippen molar-refractivity contribution in [3.63, 3.8) is 0 Å². The lowest BCUT2D eigenvalue weighted by molar-refractivity contribution is 0.307. The van der Waals surface area contributed by atoms with Crippen LogP contribution in [0.2, 0.25) is 0 Å². The molecule has 0 atom stereocenters. The van der Waals surface area contributed by atoms with Gasteiger partial charge in [-0.2, -0.15) is 0 Å². The first-order valence-electron chi connectivity index (χ1n) is 11.3. The standard InChI is InChI=1S/C10H12BrN3S.C10H14BrNS.C2H6.CH4O/c11-8-6-9(15-7-8)10(13-14-12)4-2-1-3-5-10;11-8-6-9(13-7-8)10(12)4-2-1-3-5-10;2*1-2/h6-7H,1-5H2;6-7H,1-5,12H2;1-2H3;2H,1H3. The van der Waals surface area contributed by atoms with Gasteiger partial charge in [0.2, 0.25) is 0 Å². The van der Waals surface area contributed by atoms with Crippen LogP contribution >= 0.6 is 54.5 Å². The Morgan fingerprint density at radius 1 is 0.875 bits per heavy atom. The number of rotatable bonds is 3. The second-order valence-electron chi connectivity index (χ2n) is 7.76. The molecule has 0 unspecified atom stereocenters. The smallest absolute Gasteiger partial charge is 0.0831 e. The molecule has 0 amide bonds. The molecule has 2 aliphatic rings. The molecule has 32 heavy (non-hydrogen) atoms. The molecule has 3 N–H and O–H groups in total. The van der Waals surface area contributed by atoms with Gasteiger partial charge in [0.1, 0.15) is 0 Å². The summed E-state index contributed by atoms with van der Waals surface area (Å²) in [6.45, 7) is 4.00. The minimum Gasteiger partial charge on any atom is -0.400 e. The fourth-order valence-corrected chi connectivity index (χ4v) is 7.41. The van der Waals surface area contributed by atoms with E-state index in [1.807, 2.05) is 13.8 Å². The first kappa shape index (κ1) is 29.6. The van der Waals surface area contributed by atoms with Crippen molar-refractivity contribution in [1.82, 2.24) is 0 Å². The monoisotopic (exact) mass is 606 g/mol. The van der Waals surface area contributed by atoms with Crippen LogP contribution in [0.3, 0.4) is 0 Å². The maximum atomic E-state index is 8.70. The van der Waals surface area contributed by atoms with Gasteiger partial charge in [-0.3, -0.25) is 0 Å². The number of aliphatic hydroxyl groups excluding tert-OH is 1. The third-order valence-electron chi connectivity index (χ3n) is 5.75. The molecule has 0 radical (unpaired) electrons. The van der Waals surface area contributed by atoms with Crippen LogP contribution in [0.5, 0.6) is 0 Å². The molecule has 0 spiro atoms. The lowest BCUT2D eigenvalue weighted by atomic mass is 9.81. The number of azide groups is 1. The van der Waals surface area contributed by atoms with Crippen molar-refractivity contribution in [3.8, 4) is 0 Å². The van der Waals surface area contributed by atoms with E-state index < -0.39 is 0 Å². The Morgan fingerprint density at radius 3 is 1.72 bits per heavy atom. The molecular formula is C23H36Br2N4OS2. The highest BCUT2D eigenvalue weighted by molar-refractivity contribution is 9.10. The zero-order valence-corrected chi connectivity index (χ0v) is 24.1. The Labute approximate surface area is 217 Å². The molecule has 0 aromatic carbocycles. The van der Waals surface area contributed by atoms with Crippen molar-refractivity contribution in [2.75, 3.05) is 7.11 Å². The molecule has 2 aromatic heterocycles. The van der Waals surface area contributed by atoms with Crippen LogP contribution in [0.1, 0.15) is 87.8 Å². The van der Waals surface area contributed by atoms with Crippen LogP contribution in [-0.4, -0.2) is 12.2 Å². The summed E-state index contributed by atoms with van der Waals surface area (Å²) < 4.78 is 2.25. The summed E-state index contributed by atoms with van der Waals surface area (Å²) in [7, 11) is 1.00. The normalized spacial score (nSPS) is 18.3. The highest BCUT2D eigenvalue weighted by atomic mass is 79.9. The predicted octanol–water partition coefficient (Wildman–Crippen LogP) is 9.24. The molecule has 5 nitrogen and oxygen atoms in total. The van der Waals surface area contributed by atoms with E-state index >= 15 is 0 Å². The number of aliphatic hydroxyl groups is 1. The van der Waals surface area contributed by atoms with Crippen molar-refractivity contribution in [2.24, 2.45) is 10.8 Å². The van der Waals surface area contributed by atoms with Gasteiger partial charge in [-0.05, 0) is 75.2 Å². The third kappa shape index (κ3) is 8.42. The first-order valence-corrected chi connectivity index (χ1v) is 14.6. The predicted molar refractivity (Wildman–Crippen MR) is 146 cm³/mol. The van der Waals surface area contributed by atoms with E-state index in [1.54, 1.807) is 22.7 Å². The lowest BCUT2D eigenvalue weighted by Crippen LogP contribution is -2.37. The van der Waals surface area contributed by atoms with Gasteiger partial charge < -0.3 is 10.8 Å². The minimum atomic E-state index is -0.260. The number of nitrogens with zero attached hydrogens (tertiary/aromatic N) is 3. The quantitative estimate of drug-likeness (QED) is 0.206. The Bertz CT molecular complexity index is 822. The second kappa shape index (κ2) is 15.5. The number of hydrogen-bond acceptors (Lipinski definition) is 5. The highest BCUT2D eigenvalue weighted by Crippen LogP contribution is 2.44. The fraction of sp³-hybridized carbons (Fsp3) is 0.652. The van der Waals surface area contributed by atoms with Gasteiger partial charge in [-0.15, -0.1) is 22.7 Å². The Kier molecular flexibility index (Phi) is 14.3. The van der Waals surface area contributed by atoms with Gasteiger partial charge in [-0.25, -0.2) is 0 Å². The molecule has 0 bridgehead atoms. The average Bonchev–Trinajstić information content (AvgIpc) is 3.47. The molecule has 2 saturated carbocycles. The summed E-state index contributed by atoms with van der Waals surface area (Å²) in [6.07, 6.45) is 11.8. The summed E-state index contributed by atoms with van der Waals surface area (Å²) >= 11 is 10.4. The van der Waals surface area contributed by atoms with Crippen LogP contribution in [0, 0.1) is 0 Å². The number of nitrogens with two attached hydrogens (primary N) is 1. The summed E-state index contributed by atoms with van der Waals surface area (Å²) in [4.78, 5) is 5.58. The Balaban J connectivity index is 0.000000279. The fourth-order valence-electron chi connectivity index (χ4n) is 4.18. The summed E-state index contributed by atoms with van der Waals surface area (Å²) in [5.74, 6) is 0. The van der Waals surface area contributed by atoms with E-state index in [2.05, 4.69) is 64.8 Å². The zero-order valence-electron chi connectivity index (χ0n) is 19.3. The van der Waals surface area contributed by atoms with Crippen molar-refractivity contribution in [3.05, 3.63) is 52.0 Å². The summed E-state index contributed by atoms with van der Waals surface area (Å²) in [5.41, 5.74) is 14.8. The van der Waals surface area contributed by atoms with Gasteiger partial charge in [0.05, 0.1) is 11.1 Å². The molecular weight excluding hydrogens is 572 g/mol. The van der Waals surface area contributed by atoms with E-state index in [9.17, 15) is 0 Å². The van der Waals surface area contributed by atoms with Gasteiger partial charge in [0.15, 0.2) is 0 Å². The van der Waals surface area contributed by atoms with Crippen molar-refractivity contribution < 1.29 is 5.11 Å². The maximum Gasteiger partial charge on any atom is 0.0831 e. The molecule has 0 saturated heterocycles. The van der Waals surface area contributed by atoms with E-state index in [-0.39, 0.29) is 11.1 Å². The maximum absolute atomic E-state index is 8.70. The lowest BCUT2D eigenvalue weighted by Gasteiger charge is -2.32. The number of hydrogen-bond donors (Lipinski definition) is 2. The minimum absolute atomic E-state index is 0.0189. The number of halogens is 2. The first-order chi connectivity index (χ1) is 15.5. The summed E-state index contributed by atoms with van der Waals surface area (Å²) in [6, 6.07) is 4.26. The van der Waals surface area contributed by atoms with E-state index in [0.29, 0.717) is 0 Å². The van der Waals surface area contributed by atoms with Gasteiger partial charge in [-0.1, -0.05) is 57.5 Å². The number of thiophene rings is 2. The van der Waals surface area contributed by atoms with Crippen LogP contribution < -0.4 is 5.73 Å². The Hall–Kier alpha value is -0.410. The average molecular weight is 609 g/mol. The zero-order chi connectivity index (χ0) is 24.0. The molecule has 2 fully saturated rings. The molecule has 2 heterocycles. The molecule has 4 rings (SSSR count). The van der Waals surface area contributed by atoms with Crippen molar-refractivity contribution >= 4 is 54.5 Å².